The molecule has 0 aliphatic carbocycles. The summed E-state index contributed by atoms with van der Waals surface area (Å²) in [5, 5.41) is 8.52. The molecule has 1 aromatic carbocycles. The smallest absolute Gasteiger partial charge is 0.282 e. The first-order valence-electron chi connectivity index (χ1n) is 7.08. The third-order valence-electron chi connectivity index (χ3n) is 3.71. The second-order valence-corrected chi connectivity index (χ2v) is 6.13. The maximum Gasteiger partial charge on any atom is 0.282 e. The molecule has 22 heavy (non-hydrogen) atoms. The molecule has 2 aromatic heterocycles. The number of rotatable bonds is 4. The van der Waals surface area contributed by atoms with Crippen molar-refractivity contribution in [2.45, 2.75) is 13.3 Å². The zero-order chi connectivity index (χ0) is 15.7. The van der Waals surface area contributed by atoms with E-state index in [9.17, 15) is 4.79 Å². The molecule has 0 amide bonds. The molecule has 0 spiro atoms. The molecule has 0 saturated carbocycles. The summed E-state index contributed by atoms with van der Waals surface area (Å²) < 4.78 is 1.82. The van der Waals surface area contributed by atoms with Crippen LogP contribution in [0.3, 0.4) is 0 Å². The summed E-state index contributed by atoms with van der Waals surface area (Å²) in [5.41, 5.74) is 4.24. The Balaban J connectivity index is 1.73. The van der Waals surface area contributed by atoms with Crippen LogP contribution in [0, 0.1) is 6.92 Å². The van der Waals surface area contributed by atoms with Crippen molar-refractivity contribution >= 4 is 32.5 Å². The molecule has 0 atom stereocenters. The van der Waals surface area contributed by atoms with Crippen LogP contribution in [0.25, 0.3) is 10.9 Å². The summed E-state index contributed by atoms with van der Waals surface area (Å²) in [6.07, 6.45) is 4.57. The molecule has 5 nitrogen and oxygen atoms in total. The monoisotopic (exact) mass is 360 g/mol. The fourth-order valence-electron chi connectivity index (χ4n) is 2.47. The van der Waals surface area contributed by atoms with E-state index in [-0.39, 0.29) is 5.56 Å². The molecule has 114 valence electrons. The molecule has 0 fully saturated rings. The summed E-state index contributed by atoms with van der Waals surface area (Å²) >= 11 is 3.32. The van der Waals surface area contributed by atoms with Gasteiger partial charge in [0.2, 0.25) is 0 Å². The molecule has 3 aromatic rings. The van der Waals surface area contributed by atoms with Crippen molar-refractivity contribution < 1.29 is 0 Å². The lowest BCUT2D eigenvalue weighted by Gasteiger charge is -2.08. The molecule has 0 saturated heterocycles. The fraction of sp³-hybridized carbons (Fsp3) is 0.250. The fourth-order valence-corrected chi connectivity index (χ4v) is 2.97. The van der Waals surface area contributed by atoms with Gasteiger partial charge < -0.3 is 10.3 Å². The van der Waals surface area contributed by atoms with Gasteiger partial charge in [0.15, 0.2) is 0 Å². The second-order valence-electron chi connectivity index (χ2n) is 5.34. The molecule has 0 aliphatic rings. The molecule has 0 radical (unpaired) electrons. The standard InChI is InChI=1S/C16H17BrN4O/c1-10-3-4-12-11(8-19-13(12)7-10)5-6-18-14-9-20-21(2)16(22)15(14)17/h3-4,7-9,18-19H,5-6H2,1-2H3. The van der Waals surface area contributed by atoms with Crippen LogP contribution in [-0.4, -0.2) is 21.3 Å². The highest BCUT2D eigenvalue weighted by Gasteiger charge is 2.07. The van der Waals surface area contributed by atoms with Crippen molar-refractivity contribution in [3.63, 3.8) is 0 Å². The molecule has 0 aliphatic heterocycles. The van der Waals surface area contributed by atoms with E-state index in [2.05, 4.69) is 56.5 Å². The molecule has 0 bridgehead atoms. The Morgan fingerprint density at radius 3 is 3.05 bits per heavy atom. The summed E-state index contributed by atoms with van der Waals surface area (Å²) in [4.78, 5) is 15.1. The van der Waals surface area contributed by atoms with Gasteiger partial charge in [-0.25, -0.2) is 4.68 Å². The normalized spacial score (nSPS) is 11.0. The summed E-state index contributed by atoms with van der Waals surface area (Å²) in [7, 11) is 1.63. The Labute approximate surface area is 136 Å². The van der Waals surface area contributed by atoms with Crippen LogP contribution < -0.4 is 10.9 Å². The quantitative estimate of drug-likeness (QED) is 0.751. The number of anilines is 1. The van der Waals surface area contributed by atoms with Crippen LogP contribution in [0.2, 0.25) is 0 Å². The first kappa shape index (κ1) is 14.8. The number of fused-ring (bicyclic) bond motifs is 1. The number of nitrogens with zero attached hydrogens (tertiary/aromatic N) is 2. The summed E-state index contributed by atoms with van der Waals surface area (Å²) in [6, 6.07) is 6.41. The largest absolute Gasteiger partial charge is 0.382 e. The number of benzene rings is 1. The zero-order valence-electron chi connectivity index (χ0n) is 12.5. The summed E-state index contributed by atoms with van der Waals surface area (Å²) in [5.74, 6) is 0. The lowest BCUT2D eigenvalue weighted by atomic mass is 10.1. The van der Waals surface area contributed by atoms with Gasteiger partial charge in [0.1, 0.15) is 4.47 Å². The number of nitrogens with one attached hydrogen (secondary N) is 2. The van der Waals surface area contributed by atoms with Gasteiger partial charge in [0.25, 0.3) is 5.56 Å². The SMILES string of the molecule is Cc1ccc2c(CCNc3cnn(C)c(=O)c3Br)c[nH]c2c1. The maximum absolute atomic E-state index is 11.8. The Morgan fingerprint density at radius 2 is 2.23 bits per heavy atom. The Hall–Kier alpha value is -2.08. The van der Waals surface area contributed by atoms with Gasteiger partial charge in [0, 0.05) is 30.7 Å². The van der Waals surface area contributed by atoms with Crippen molar-refractivity contribution in [1.29, 1.82) is 0 Å². The van der Waals surface area contributed by atoms with Gasteiger partial charge in [0.05, 0.1) is 11.9 Å². The van der Waals surface area contributed by atoms with E-state index < -0.39 is 0 Å². The van der Waals surface area contributed by atoms with Crippen LogP contribution in [0.5, 0.6) is 0 Å². The Morgan fingerprint density at radius 1 is 1.41 bits per heavy atom. The lowest BCUT2D eigenvalue weighted by molar-refractivity contribution is 0.703. The molecule has 2 heterocycles. The number of hydrogen-bond donors (Lipinski definition) is 2. The Kier molecular flexibility index (Phi) is 4.02. The molecule has 6 heteroatoms. The molecular formula is C16H17BrN4O. The van der Waals surface area contributed by atoms with E-state index in [0.717, 1.165) is 24.2 Å². The molecular weight excluding hydrogens is 344 g/mol. The van der Waals surface area contributed by atoms with Gasteiger partial charge in [-0.3, -0.25) is 4.79 Å². The minimum absolute atomic E-state index is 0.146. The number of H-pyrrole nitrogens is 1. The number of halogens is 1. The predicted octanol–water partition coefficient (Wildman–Crippen LogP) is 2.99. The van der Waals surface area contributed by atoms with E-state index in [1.807, 2.05) is 6.20 Å². The highest BCUT2D eigenvalue weighted by Crippen LogP contribution is 2.21. The zero-order valence-corrected chi connectivity index (χ0v) is 14.1. The molecule has 0 unspecified atom stereocenters. The van der Waals surface area contributed by atoms with Crippen molar-refractivity contribution in [3.05, 3.63) is 56.5 Å². The Bertz CT molecular complexity index is 881. The van der Waals surface area contributed by atoms with Crippen LogP contribution in [0.15, 0.2) is 39.9 Å². The van der Waals surface area contributed by atoms with Gasteiger partial charge in [-0.15, -0.1) is 0 Å². The van der Waals surface area contributed by atoms with Gasteiger partial charge in [-0.05, 0) is 46.5 Å². The van der Waals surface area contributed by atoms with Crippen molar-refractivity contribution in [2.75, 3.05) is 11.9 Å². The minimum atomic E-state index is -0.146. The van der Waals surface area contributed by atoms with E-state index in [4.69, 9.17) is 0 Å². The van der Waals surface area contributed by atoms with Crippen LogP contribution >= 0.6 is 15.9 Å². The van der Waals surface area contributed by atoms with Crippen LogP contribution in [-0.2, 0) is 13.5 Å². The summed E-state index contributed by atoms with van der Waals surface area (Å²) in [6.45, 7) is 2.82. The van der Waals surface area contributed by atoms with Crippen LogP contribution in [0.1, 0.15) is 11.1 Å². The highest BCUT2D eigenvalue weighted by atomic mass is 79.9. The number of aromatic nitrogens is 3. The third kappa shape index (κ3) is 2.78. The van der Waals surface area contributed by atoms with E-state index in [0.29, 0.717) is 4.47 Å². The third-order valence-corrected chi connectivity index (χ3v) is 4.48. The van der Waals surface area contributed by atoms with E-state index >= 15 is 0 Å². The molecule has 3 rings (SSSR count). The highest BCUT2D eigenvalue weighted by molar-refractivity contribution is 9.10. The van der Waals surface area contributed by atoms with Crippen molar-refractivity contribution in [1.82, 2.24) is 14.8 Å². The first-order chi connectivity index (χ1) is 10.6. The van der Waals surface area contributed by atoms with Gasteiger partial charge >= 0.3 is 0 Å². The van der Waals surface area contributed by atoms with E-state index in [1.165, 1.54) is 21.2 Å². The average Bonchev–Trinajstić information content (AvgIpc) is 2.89. The van der Waals surface area contributed by atoms with Crippen molar-refractivity contribution in [3.8, 4) is 0 Å². The lowest BCUT2D eigenvalue weighted by Crippen LogP contribution is -2.21. The second kappa shape index (κ2) is 5.96. The number of hydrogen-bond acceptors (Lipinski definition) is 3. The first-order valence-corrected chi connectivity index (χ1v) is 7.88. The minimum Gasteiger partial charge on any atom is -0.382 e. The average molecular weight is 361 g/mol. The topological polar surface area (TPSA) is 62.7 Å². The maximum atomic E-state index is 11.8. The van der Waals surface area contributed by atoms with E-state index in [1.54, 1.807) is 13.2 Å². The van der Waals surface area contributed by atoms with Crippen LogP contribution in [0.4, 0.5) is 5.69 Å². The van der Waals surface area contributed by atoms with Gasteiger partial charge in [-0.1, -0.05) is 12.1 Å². The van der Waals surface area contributed by atoms with Crippen molar-refractivity contribution in [2.24, 2.45) is 7.05 Å². The number of aryl methyl sites for hydroxylation is 2. The van der Waals surface area contributed by atoms with Gasteiger partial charge in [-0.2, -0.15) is 5.10 Å². The predicted molar refractivity (Wildman–Crippen MR) is 92.4 cm³/mol. The number of aromatic amines is 1. The molecule has 2 N–H and O–H groups in total.